The number of rotatable bonds is 7. The van der Waals surface area contributed by atoms with E-state index in [1.807, 2.05) is 0 Å². The first-order chi connectivity index (χ1) is 10.4. The third-order valence-corrected chi connectivity index (χ3v) is 2.66. The van der Waals surface area contributed by atoms with E-state index in [0.29, 0.717) is 5.56 Å². The van der Waals surface area contributed by atoms with Crippen LogP contribution in [0.3, 0.4) is 0 Å². The van der Waals surface area contributed by atoms with Crippen LogP contribution in [0.5, 0.6) is 5.75 Å². The lowest BCUT2D eigenvalue weighted by Crippen LogP contribution is -2.11. The number of nitrogens with zero attached hydrogens (tertiary/aromatic N) is 1. The van der Waals surface area contributed by atoms with Crippen molar-refractivity contribution in [3.63, 3.8) is 0 Å². The molecule has 0 aliphatic carbocycles. The maximum absolute atomic E-state index is 11.6. The summed E-state index contributed by atoms with van der Waals surface area (Å²) in [5.41, 5.74) is 0.225. The van der Waals surface area contributed by atoms with E-state index in [1.54, 1.807) is 6.07 Å². The zero-order valence-corrected chi connectivity index (χ0v) is 12.4. The highest BCUT2D eigenvalue weighted by molar-refractivity contribution is 7.81. The highest BCUT2D eigenvalue weighted by Crippen LogP contribution is 2.16. The Balaban J connectivity index is 2.81. The van der Waals surface area contributed by atoms with Gasteiger partial charge in [0.25, 0.3) is 0 Å². The molecule has 1 aromatic carbocycles. The normalized spacial score (nSPS) is 11.6. The van der Waals surface area contributed by atoms with Crippen molar-refractivity contribution in [3.05, 3.63) is 35.4 Å². The summed E-state index contributed by atoms with van der Waals surface area (Å²) in [6.45, 7) is 0.238. The van der Waals surface area contributed by atoms with Crippen LogP contribution in [0.25, 0.3) is 6.08 Å². The second-order valence-electron chi connectivity index (χ2n) is 3.88. The topological polar surface area (TPSA) is 123 Å². The summed E-state index contributed by atoms with van der Waals surface area (Å²) in [5, 5.41) is 8.93. The van der Waals surface area contributed by atoms with E-state index in [9.17, 15) is 13.2 Å². The fourth-order valence-electron chi connectivity index (χ4n) is 1.34. The summed E-state index contributed by atoms with van der Waals surface area (Å²) in [5.74, 6) is -0.904. The molecule has 0 radical (unpaired) electrons. The predicted octanol–water partition coefficient (Wildman–Crippen LogP) is 0.965. The van der Waals surface area contributed by atoms with Gasteiger partial charge in [0, 0.05) is 7.11 Å². The molecule has 0 spiro atoms. The fourth-order valence-corrected chi connectivity index (χ4v) is 1.69. The molecule has 0 bridgehead atoms. The van der Waals surface area contributed by atoms with Crippen molar-refractivity contribution in [2.45, 2.75) is 0 Å². The van der Waals surface area contributed by atoms with Crippen LogP contribution in [0.2, 0.25) is 0 Å². The average Bonchev–Trinajstić information content (AvgIpc) is 2.45. The first-order valence-electron chi connectivity index (χ1n) is 5.90. The minimum Gasteiger partial charge on any atom is -0.459 e. The first kappa shape index (κ1) is 17.6. The summed E-state index contributed by atoms with van der Waals surface area (Å²) >= 11 is 0. The Morgan fingerprint density at radius 1 is 1.32 bits per heavy atom. The second kappa shape index (κ2) is 8.14. The van der Waals surface area contributed by atoms with Gasteiger partial charge in [-0.3, -0.25) is 4.55 Å². The Hall–Kier alpha value is -2.41. The Kier molecular flexibility index (Phi) is 6.52. The second-order valence-corrected chi connectivity index (χ2v) is 4.90. The van der Waals surface area contributed by atoms with Gasteiger partial charge in [-0.1, -0.05) is 12.1 Å². The lowest BCUT2D eigenvalue weighted by Gasteiger charge is -2.03. The Morgan fingerprint density at radius 2 is 1.95 bits per heavy atom. The van der Waals surface area contributed by atoms with Crippen LogP contribution in [-0.4, -0.2) is 39.3 Å². The van der Waals surface area contributed by atoms with Crippen molar-refractivity contribution in [3.8, 4) is 11.8 Å². The van der Waals surface area contributed by atoms with Gasteiger partial charge < -0.3 is 13.7 Å². The molecule has 118 valence electrons. The molecule has 8 nitrogen and oxygen atoms in total. The first-order valence-corrected chi connectivity index (χ1v) is 7.27. The van der Waals surface area contributed by atoms with Crippen molar-refractivity contribution in [1.29, 1.82) is 5.26 Å². The van der Waals surface area contributed by atoms with Crippen molar-refractivity contribution in [2.75, 3.05) is 20.3 Å². The molecule has 1 N–H and O–H groups in total. The molecule has 0 amide bonds. The van der Waals surface area contributed by atoms with E-state index in [1.165, 1.54) is 37.5 Å². The molecular formula is C13H13NO7S. The van der Waals surface area contributed by atoms with E-state index in [2.05, 4.69) is 4.18 Å². The van der Waals surface area contributed by atoms with Gasteiger partial charge >= 0.3 is 16.4 Å². The summed E-state index contributed by atoms with van der Waals surface area (Å²) in [6, 6.07) is 7.02. The fraction of sp³-hybridized carbons (Fsp3) is 0.231. The van der Waals surface area contributed by atoms with Crippen molar-refractivity contribution in [1.82, 2.24) is 0 Å². The quantitative estimate of drug-likeness (QED) is 0.258. The Bertz CT molecular complexity index is 686. The summed E-state index contributed by atoms with van der Waals surface area (Å²) in [6.07, 6.45) is 1.27. The molecule has 0 aliphatic heterocycles. The maximum Gasteiger partial charge on any atom is 0.446 e. The minimum absolute atomic E-state index is 0.0233. The van der Waals surface area contributed by atoms with E-state index in [-0.39, 0.29) is 24.5 Å². The van der Waals surface area contributed by atoms with Crippen molar-refractivity contribution < 1.29 is 31.4 Å². The average molecular weight is 327 g/mol. The number of esters is 1. The number of nitriles is 1. The number of hydrogen-bond acceptors (Lipinski definition) is 7. The summed E-state index contributed by atoms with van der Waals surface area (Å²) in [7, 11) is -3.15. The van der Waals surface area contributed by atoms with Crippen molar-refractivity contribution >= 4 is 22.4 Å². The summed E-state index contributed by atoms with van der Waals surface area (Å²) in [4.78, 5) is 11.6. The molecule has 0 saturated carbocycles. The largest absolute Gasteiger partial charge is 0.459 e. The molecule has 0 aromatic heterocycles. The van der Waals surface area contributed by atoms with E-state index >= 15 is 0 Å². The number of ether oxygens (including phenoxy) is 2. The van der Waals surface area contributed by atoms with Crippen LogP contribution < -0.4 is 4.18 Å². The number of carbonyl (C=O) groups excluding carboxylic acids is 1. The van der Waals surface area contributed by atoms with Crippen LogP contribution in [0.4, 0.5) is 0 Å². The molecule has 0 heterocycles. The SMILES string of the molecule is COCCOC(=O)C(C#N)=Cc1ccc(OS(=O)(=O)O)cc1. The van der Waals surface area contributed by atoms with Crippen LogP contribution in [0.1, 0.15) is 5.56 Å². The number of methoxy groups -OCH3 is 1. The third kappa shape index (κ3) is 6.36. The van der Waals surface area contributed by atoms with E-state index in [4.69, 9.17) is 19.3 Å². The van der Waals surface area contributed by atoms with E-state index in [0.717, 1.165) is 0 Å². The van der Waals surface area contributed by atoms with Crippen LogP contribution in [0.15, 0.2) is 29.8 Å². The highest BCUT2D eigenvalue weighted by atomic mass is 32.3. The number of carbonyl (C=O) groups is 1. The minimum atomic E-state index is -4.60. The molecule has 0 saturated heterocycles. The van der Waals surface area contributed by atoms with Gasteiger partial charge in [0.2, 0.25) is 0 Å². The number of benzene rings is 1. The maximum atomic E-state index is 11.6. The van der Waals surface area contributed by atoms with Crippen LogP contribution >= 0.6 is 0 Å². The summed E-state index contributed by atoms with van der Waals surface area (Å²) < 4.78 is 43.3. The lowest BCUT2D eigenvalue weighted by molar-refractivity contribution is -0.139. The van der Waals surface area contributed by atoms with Gasteiger partial charge in [-0.2, -0.15) is 13.7 Å². The molecule has 0 unspecified atom stereocenters. The molecular weight excluding hydrogens is 314 g/mol. The van der Waals surface area contributed by atoms with Crippen LogP contribution in [0, 0.1) is 11.3 Å². The van der Waals surface area contributed by atoms with Crippen molar-refractivity contribution in [2.24, 2.45) is 0 Å². The predicted molar refractivity (Wildman–Crippen MR) is 75.0 cm³/mol. The number of hydrogen-bond donors (Lipinski definition) is 1. The molecule has 22 heavy (non-hydrogen) atoms. The van der Waals surface area contributed by atoms with Gasteiger partial charge in [0.15, 0.2) is 0 Å². The Labute approximate surface area is 127 Å². The molecule has 0 aliphatic rings. The molecule has 1 aromatic rings. The van der Waals surface area contributed by atoms with Crippen LogP contribution in [-0.2, 0) is 24.7 Å². The molecule has 0 atom stereocenters. The molecule has 0 fully saturated rings. The van der Waals surface area contributed by atoms with Gasteiger partial charge in [-0.05, 0) is 23.8 Å². The Morgan fingerprint density at radius 3 is 2.45 bits per heavy atom. The standard InChI is InChI=1S/C13H13NO7S/c1-19-6-7-20-13(15)11(9-14)8-10-2-4-12(5-3-10)21-22(16,17)18/h2-5,8H,6-7H2,1H3,(H,16,17,18). The van der Waals surface area contributed by atoms with E-state index < -0.39 is 16.4 Å². The third-order valence-electron chi connectivity index (χ3n) is 2.25. The van der Waals surface area contributed by atoms with Gasteiger partial charge in [0.1, 0.15) is 24.0 Å². The van der Waals surface area contributed by atoms with Gasteiger partial charge in [-0.15, -0.1) is 0 Å². The monoisotopic (exact) mass is 327 g/mol. The van der Waals surface area contributed by atoms with Gasteiger partial charge in [0.05, 0.1) is 6.61 Å². The molecule has 9 heteroatoms. The molecule has 1 rings (SSSR count). The van der Waals surface area contributed by atoms with Gasteiger partial charge in [-0.25, -0.2) is 4.79 Å². The zero-order chi connectivity index (χ0) is 16.6. The smallest absolute Gasteiger partial charge is 0.446 e. The lowest BCUT2D eigenvalue weighted by atomic mass is 10.1. The zero-order valence-electron chi connectivity index (χ0n) is 11.6. The highest BCUT2D eigenvalue weighted by Gasteiger charge is 2.11.